The van der Waals surface area contributed by atoms with Crippen molar-refractivity contribution < 1.29 is 0 Å². The third-order valence-electron chi connectivity index (χ3n) is 2.27. The fourth-order valence-corrected chi connectivity index (χ4v) is 1.52. The summed E-state index contributed by atoms with van der Waals surface area (Å²) in [5.41, 5.74) is 3.61. The van der Waals surface area contributed by atoms with E-state index < -0.39 is 0 Å². The summed E-state index contributed by atoms with van der Waals surface area (Å²) in [5, 5.41) is 7.48. The minimum absolute atomic E-state index is 0.817. The smallest absolute Gasteiger partial charge is 0.0539 e. The van der Waals surface area contributed by atoms with Crippen LogP contribution in [-0.4, -0.2) is 9.78 Å². The van der Waals surface area contributed by atoms with E-state index in [1.54, 1.807) is 0 Å². The first kappa shape index (κ1) is 9.77. The SMILES string of the molecule is Cc1cccc(NCc2cnn(C)c2)c1. The fraction of sp³-hybridized carbons (Fsp3) is 0.250. The Labute approximate surface area is 89.7 Å². The molecule has 0 radical (unpaired) electrons. The molecule has 2 rings (SSSR count). The molecule has 0 saturated carbocycles. The van der Waals surface area contributed by atoms with Crippen molar-refractivity contribution in [1.29, 1.82) is 0 Å². The highest BCUT2D eigenvalue weighted by Crippen LogP contribution is 2.10. The standard InChI is InChI=1S/C12H15N3/c1-10-4-3-5-12(6-10)13-7-11-8-14-15(2)9-11/h3-6,8-9,13H,7H2,1-2H3. The number of anilines is 1. The molecule has 1 N–H and O–H groups in total. The van der Waals surface area contributed by atoms with Crippen LogP contribution in [0.5, 0.6) is 0 Å². The van der Waals surface area contributed by atoms with Crippen molar-refractivity contribution in [1.82, 2.24) is 9.78 Å². The highest BCUT2D eigenvalue weighted by Gasteiger charge is 1.96. The Morgan fingerprint density at radius 2 is 2.27 bits per heavy atom. The second-order valence-corrected chi connectivity index (χ2v) is 3.75. The Kier molecular flexibility index (Phi) is 2.72. The second-order valence-electron chi connectivity index (χ2n) is 3.75. The summed E-state index contributed by atoms with van der Waals surface area (Å²) in [4.78, 5) is 0. The van der Waals surface area contributed by atoms with Gasteiger partial charge >= 0.3 is 0 Å². The molecule has 78 valence electrons. The van der Waals surface area contributed by atoms with Crippen molar-refractivity contribution in [2.24, 2.45) is 7.05 Å². The molecule has 0 amide bonds. The van der Waals surface area contributed by atoms with Gasteiger partial charge in [0.05, 0.1) is 6.20 Å². The zero-order chi connectivity index (χ0) is 10.7. The molecule has 0 fully saturated rings. The monoisotopic (exact) mass is 201 g/mol. The lowest BCUT2D eigenvalue weighted by Gasteiger charge is -2.04. The van der Waals surface area contributed by atoms with Gasteiger partial charge in [-0.3, -0.25) is 4.68 Å². The molecule has 0 saturated heterocycles. The van der Waals surface area contributed by atoms with E-state index in [0.29, 0.717) is 0 Å². The first-order chi connectivity index (χ1) is 7.24. The molecule has 0 spiro atoms. The van der Waals surface area contributed by atoms with Crippen LogP contribution >= 0.6 is 0 Å². The van der Waals surface area contributed by atoms with E-state index in [0.717, 1.165) is 12.2 Å². The van der Waals surface area contributed by atoms with Crippen LogP contribution in [0, 0.1) is 6.92 Å². The van der Waals surface area contributed by atoms with Gasteiger partial charge in [0.1, 0.15) is 0 Å². The lowest BCUT2D eigenvalue weighted by Crippen LogP contribution is -1.98. The van der Waals surface area contributed by atoms with Gasteiger partial charge in [0.15, 0.2) is 0 Å². The summed E-state index contributed by atoms with van der Waals surface area (Å²) < 4.78 is 1.81. The normalized spacial score (nSPS) is 10.3. The number of hydrogen-bond acceptors (Lipinski definition) is 2. The predicted molar refractivity (Wildman–Crippen MR) is 61.7 cm³/mol. The van der Waals surface area contributed by atoms with E-state index >= 15 is 0 Å². The van der Waals surface area contributed by atoms with E-state index in [1.807, 2.05) is 24.1 Å². The third-order valence-corrected chi connectivity index (χ3v) is 2.27. The topological polar surface area (TPSA) is 29.9 Å². The highest BCUT2D eigenvalue weighted by atomic mass is 15.2. The number of benzene rings is 1. The van der Waals surface area contributed by atoms with Crippen LogP contribution in [0.1, 0.15) is 11.1 Å². The largest absolute Gasteiger partial charge is 0.381 e. The fourth-order valence-electron chi connectivity index (χ4n) is 1.52. The van der Waals surface area contributed by atoms with Gasteiger partial charge < -0.3 is 5.32 Å². The number of nitrogens with one attached hydrogen (secondary N) is 1. The van der Waals surface area contributed by atoms with Crippen molar-refractivity contribution in [3.63, 3.8) is 0 Å². The lowest BCUT2D eigenvalue weighted by molar-refractivity contribution is 0.767. The molecule has 1 aromatic heterocycles. The first-order valence-electron chi connectivity index (χ1n) is 5.02. The van der Waals surface area contributed by atoms with Gasteiger partial charge in [-0.05, 0) is 24.6 Å². The third kappa shape index (κ3) is 2.59. The van der Waals surface area contributed by atoms with Crippen LogP contribution in [-0.2, 0) is 13.6 Å². The summed E-state index contributed by atoms with van der Waals surface area (Å²) in [6.45, 7) is 2.91. The quantitative estimate of drug-likeness (QED) is 0.826. The van der Waals surface area contributed by atoms with Gasteiger partial charge in [0, 0.05) is 31.0 Å². The van der Waals surface area contributed by atoms with Crippen LogP contribution in [0.25, 0.3) is 0 Å². The summed E-state index contributed by atoms with van der Waals surface area (Å²) >= 11 is 0. The minimum atomic E-state index is 0.817. The molecule has 2 aromatic rings. The van der Waals surface area contributed by atoms with Crippen molar-refractivity contribution in [2.75, 3.05) is 5.32 Å². The molecule has 3 heteroatoms. The summed E-state index contributed by atoms with van der Waals surface area (Å²) in [7, 11) is 1.93. The molecule has 1 aromatic carbocycles. The number of nitrogens with zero attached hydrogens (tertiary/aromatic N) is 2. The van der Waals surface area contributed by atoms with Crippen LogP contribution in [0.4, 0.5) is 5.69 Å². The Morgan fingerprint density at radius 3 is 2.93 bits per heavy atom. The van der Waals surface area contributed by atoms with Crippen molar-refractivity contribution in [3.8, 4) is 0 Å². The molecule has 1 heterocycles. The molecule has 3 nitrogen and oxygen atoms in total. The number of aryl methyl sites for hydroxylation is 2. The minimum Gasteiger partial charge on any atom is -0.381 e. The lowest BCUT2D eigenvalue weighted by atomic mass is 10.2. The molecular formula is C12H15N3. The van der Waals surface area contributed by atoms with Gasteiger partial charge in [-0.15, -0.1) is 0 Å². The van der Waals surface area contributed by atoms with Crippen LogP contribution in [0.2, 0.25) is 0 Å². The zero-order valence-corrected chi connectivity index (χ0v) is 9.07. The summed E-state index contributed by atoms with van der Waals surface area (Å²) in [5.74, 6) is 0. The predicted octanol–water partition coefficient (Wildman–Crippen LogP) is 2.34. The number of aromatic nitrogens is 2. The molecule has 0 bridgehead atoms. The Bertz CT molecular complexity index is 446. The average molecular weight is 201 g/mol. The highest BCUT2D eigenvalue weighted by molar-refractivity contribution is 5.45. The summed E-state index contributed by atoms with van der Waals surface area (Å²) in [6.07, 6.45) is 3.89. The maximum Gasteiger partial charge on any atom is 0.0539 e. The van der Waals surface area contributed by atoms with E-state index in [4.69, 9.17) is 0 Å². The number of hydrogen-bond donors (Lipinski definition) is 1. The zero-order valence-electron chi connectivity index (χ0n) is 9.07. The van der Waals surface area contributed by atoms with Gasteiger partial charge in [-0.2, -0.15) is 5.10 Å². The van der Waals surface area contributed by atoms with Crippen LogP contribution in [0.3, 0.4) is 0 Å². The molecule has 15 heavy (non-hydrogen) atoms. The summed E-state index contributed by atoms with van der Waals surface area (Å²) in [6, 6.07) is 8.36. The van der Waals surface area contributed by atoms with E-state index in [1.165, 1.54) is 11.1 Å². The maximum absolute atomic E-state index is 4.12. The molecule has 0 aliphatic carbocycles. The van der Waals surface area contributed by atoms with Gasteiger partial charge in [-0.1, -0.05) is 12.1 Å². The average Bonchev–Trinajstić information content (AvgIpc) is 2.62. The molecule has 0 unspecified atom stereocenters. The second kappa shape index (κ2) is 4.17. The first-order valence-corrected chi connectivity index (χ1v) is 5.02. The van der Waals surface area contributed by atoms with Gasteiger partial charge in [0.25, 0.3) is 0 Å². The molecular weight excluding hydrogens is 186 g/mol. The molecule has 0 aliphatic rings. The Balaban J connectivity index is 1.99. The van der Waals surface area contributed by atoms with Gasteiger partial charge in [-0.25, -0.2) is 0 Å². The van der Waals surface area contributed by atoms with Crippen LogP contribution in [0.15, 0.2) is 36.7 Å². The van der Waals surface area contributed by atoms with E-state index in [-0.39, 0.29) is 0 Å². The Morgan fingerprint density at radius 1 is 1.40 bits per heavy atom. The number of rotatable bonds is 3. The van der Waals surface area contributed by atoms with E-state index in [2.05, 4.69) is 41.6 Å². The molecule has 0 atom stereocenters. The molecule has 0 aliphatic heterocycles. The van der Waals surface area contributed by atoms with Crippen molar-refractivity contribution in [3.05, 3.63) is 47.8 Å². The maximum atomic E-state index is 4.12. The van der Waals surface area contributed by atoms with Crippen LogP contribution < -0.4 is 5.32 Å². The van der Waals surface area contributed by atoms with Crippen molar-refractivity contribution in [2.45, 2.75) is 13.5 Å². The van der Waals surface area contributed by atoms with Crippen molar-refractivity contribution >= 4 is 5.69 Å². The Hall–Kier alpha value is -1.77. The van der Waals surface area contributed by atoms with E-state index in [9.17, 15) is 0 Å². The van der Waals surface area contributed by atoms with Gasteiger partial charge in [0.2, 0.25) is 0 Å².